The van der Waals surface area contributed by atoms with E-state index in [1.807, 2.05) is 35.2 Å². The van der Waals surface area contributed by atoms with Crippen molar-refractivity contribution in [2.75, 3.05) is 13.1 Å². The minimum absolute atomic E-state index is 0.000254. The van der Waals surface area contributed by atoms with Crippen LogP contribution in [0.1, 0.15) is 50.3 Å². The number of hydrogen-bond donors (Lipinski definition) is 1. The SMILES string of the molecule is CC1(C(=O)N2CCC3(CCc4c3nc(-c3ccccc3)[nH]c4=O)CC2)CC1. The highest BCUT2D eigenvalue weighted by Gasteiger charge is 2.50. The second-order valence-electron chi connectivity index (χ2n) is 8.74. The highest BCUT2D eigenvalue weighted by atomic mass is 16.2. The summed E-state index contributed by atoms with van der Waals surface area (Å²) in [7, 11) is 0. The van der Waals surface area contributed by atoms with Crippen molar-refractivity contribution in [3.05, 3.63) is 51.9 Å². The lowest BCUT2D eigenvalue weighted by Gasteiger charge is -2.40. The van der Waals surface area contributed by atoms with E-state index < -0.39 is 0 Å². The summed E-state index contributed by atoms with van der Waals surface area (Å²) < 4.78 is 0. The third-order valence-corrected chi connectivity index (χ3v) is 6.94. The zero-order chi connectivity index (χ0) is 18.6. The first-order valence-corrected chi connectivity index (χ1v) is 9.99. The van der Waals surface area contributed by atoms with Crippen molar-refractivity contribution in [3.63, 3.8) is 0 Å². The van der Waals surface area contributed by atoms with Gasteiger partial charge in [-0.3, -0.25) is 9.59 Å². The van der Waals surface area contributed by atoms with Crippen molar-refractivity contribution in [3.8, 4) is 11.4 Å². The van der Waals surface area contributed by atoms with Crippen LogP contribution in [0.15, 0.2) is 35.1 Å². The Bertz CT molecular complexity index is 951. The van der Waals surface area contributed by atoms with Crippen LogP contribution in [0.5, 0.6) is 0 Å². The summed E-state index contributed by atoms with van der Waals surface area (Å²) >= 11 is 0. The number of likely N-dealkylation sites (tertiary alicyclic amines) is 1. The molecule has 5 rings (SSSR count). The first-order valence-electron chi connectivity index (χ1n) is 9.99. The minimum atomic E-state index is -0.103. The van der Waals surface area contributed by atoms with Gasteiger partial charge in [0.25, 0.3) is 5.56 Å². The highest BCUT2D eigenvalue weighted by molar-refractivity contribution is 5.85. The summed E-state index contributed by atoms with van der Waals surface area (Å²) in [5.74, 6) is 0.976. The molecule has 5 heteroatoms. The average Bonchev–Trinajstić information content (AvgIpc) is 3.36. The molecule has 1 N–H and O–H groups in total. The van der Waals surface area contributed by atoms with Crippen LogP contribution in [0.3, 0.4) is 0 Å². The van der Waals surface area contributed by atoms with Gasteiger partial charge in [0.05, 0.1) is 5.69 Å². The van der Waals surface area contributed by atoms with Crippen LogP contribution in [-0.4, -0.2) is 33.9 Å². The number of rotatable bonds is 2. The molecular formula is C22H25N3O2. The zero-order valence-corrected chi connectivity index (χ0v) is 15.8. The maximum absolute atomic E-state index is 12.7. The van der Waals surface area contributed by atoms with Gasteiger partial charge < -0.3 is 9.88 Å². The lowest BCUT2D eigenvalue weighted by Crippen LogP contribution is -2.47. The molecule has 2 aliphatic carbocycles. The topological polar surface area (TPSA) is 66.1 Å². The maximum Gasteiger partial charge on any atom is 0.254 e. The predicted octanol–water partition coefficient (Wildman–Crippen LogP) is 3.04. The Kier molecular flexibility index (Phi) is 3.58. The standard InChI is InChI=1S/C22H25N3O2/c1-21(9-10-21)20(27)25-13-11-22(12-14-25)8-7-16-17(22)23-18(24-19(16)26)15-5-3-2-4-6-15/h2-6H,7-14H2,1H3,(H,23,24,26). The quantitative estimate of drug-likeness (QED) is 0.892. The number of piperidine rings is 1. The summed E-state index contributed by atoms with van der Waals surface area (Å²) in [5, 5.41) is 0. The number of carbonyl (C=O) groups excluding carboxylic acids is 1. The fourth-order valence-electron chi connectivity index (χ4n) is 4.79. The molecule has 5 nitrogen and oxygen atoms in total. The highest BCUT2D eigenvalue weighted by Crippen LogP contribution is 2.49. The molecule has 0 radical (unpaired) electrons. The molecule has 1 aromatic heterocycles. The molecule has 0 atom stereocenters. The van der Waals surface area contributed by atoms with Crippen LogP contribution in [0.2, 0.25) is 0 Å². The zero-order valence-electron chi connectivity index (χ0n) is 15.8. The molecular weight excluding hydrogens is 338 g/mol. The predicted molar refractivity (Wildman–Crippen MR) is 103 cm³/mol. The summed E-state index contributed by atoms with van der Waals surface area (Å²) in [6, 6.07) is 9.83. The Hall–Kier alpha value is -2.43. The maximum atomic E-state index is 12.7. The Morgan fingerprint density at radius 1 is 1.07 bits per heavy atom. The van der Waals surface area contributed by atoms with Gasteiger partial charge in [0.15, 0.2) is 0 Å². The molecule has 0 unspecified atom stereocenters. The van der Waals surface area contributed by atoms with E-state index in [1.54, 1.807) is 0 Å². The molecule has 1 amide bonds. The molecule has 1 aliphatic heterocycles. The molecule has 2 fully saturated rings. The number of carbonyl (C=O) groups is 1. The number of aromatic amines is 1. The molecule has 27 heavy (non-hydrogen) atoms. The van der Waals surface area contributed by atoms with Gasteiger partial charge in [0.2, 0.25) is 5.91 Å². The summed E-state index contributed by atoms with van der Waals surface area (Å²) in [4.78, 5) is 35.3. The van der Waals surface area contributed by atoms with E-state index in [2.05, 4.69) is 11.9 Å². The van der Waals surface area contributed by atoms with E-state index in [9.17, 15) is 9.59 Å². The van der Waals surface area contributed by atoms with Gasteiger partial charge in [-0.2, -0.15) is 0 Å². The lowest BCUT2D eigenvalue weighted by atomic mass is 9.76. The van der Waals surface area contributed by atoms with Gasteiger partial charge in [-0.25, -0.2) is 4.98 Å². The molecule has 1 aromatic carbocycles. The summed E-state index contributed by atoms with van der Waals surface area (Å²) in [5.41, 5.74) is 2.62. The van der Waals surface area contributed by atoms with Crippen LogP contribution >= 0.6 is 0 Å². The van der Waals surface area contributed by atoms with Crippen molar-refractivity contribution in [2.45, 2.75) is 50.9 Å². The summed E-state index contributed by atoms with van der Waals surface area (Å²) in [6.07, 6.45) is 5.62. The largest absolute Gasteiger partial charge is 0.342 e. The molecule has 2 aromatic rings. The van der Waals surface area contributed by atoms with Crippen molar-refractivity contribution < 1.29 is 4.79 Å². The van der Waals surface area contributed by atoms with E-state index >= 15 is 0 Å². The number of aromatic nitrogens is 2. The molecule has 140 valence electrons. The van der Waals surface area contributed by atoms with Gasteiger partial charge in [0.1, 0.15) is 5.82 Å². The molecule has 3 aliphatic rings. The van der Waals surface area contributed by atoms with E-state index in [0.717, 1.165) is 68.4 Å². The number of nitrogens with zero attached hydrogens (tertiary/aromatic N) is 2. The normalized spacial score (nSPS) is 21.9. The third-order valence-electron chi connectivity index (χ3n) is 6.94. The van der Waals surface area contributed by atoms with Crippen LogP contribution in [-0.2, 0) is 16.6 Å². The number of benzene rings is 1. The first kappa shape index (κ1) is 16.7. The fourth-order valence-corrected chi connectivity index (χ4v) is 4.79. The van der Waals surface area contributed by atoms with E-state index in [-0.39, 0.29) is 16.4 Å². The Labute approximate surface area is 158 Å². The van der Waals surface area contributed by atoms with Gasteiger partial charge >= 0.3 is 0 Å². The number of nitrogens with one attached hydrogen (secondary N) is 1. The molecule has 1 spiro atoms. The van der Waals surface area contributed by atoms with Crippen LogP contribution in [0, 0.1) is 5.41 Å². The molecule has 1 saturated carbocycles. The third kappa shape index (κ3) is 2.63. The first-order chi connectivity index (χ1) is 13.0. The average molecular weight is 363 g/mol. The van der Waals surface area contributed by atoms with Crippen molar-refractivity contribution in [1.82, 2.24) is 14.9 Å². The fraction of sp³-hybridized carbons (Fsp3) is 0.500. The van der Waals surface area contributed by atoms with Gasteiger partial charge in [-0.1, -0.05) is 37.3 Å². The van der Waals surface area contributed by atoms with Crippen molar-refractivity contribution >= 4 is 5.91 Å². The molecule has 2 heterocycles. The van der Waals surface area contributed by atoms with Crippen LogP contribution in [0.25, 0.3) is 11.4 Å². The molecule has 1 saturated heterocycles. The van der Waals surface area contributed by atoms with Crippen molar-refractivity contribution in [1.29, 1.82) is 0 Å². The van der Waals surface area contributed by atoms with E-state index in [0.29, 0.717) is 11.7 Å². The van der Waals surface area contributed by atoms with E-state index in [1.165, 1.54) is 0 Å². The minimum Gasteiger partial charge on any atom is -0.342 e. The second-order valence-corrected chi connectivity index (χ2v) is 8.74. The monoisotopic (exact) mass is 363 g/mol. The second kappa shape index (κ2) is 5.78. The number of hydrogen-bond acceptors (Lipinski definition) is 3. The Morgan fingerprint density at radius 3 is 2.44 bits per heavy atom. The van der Waals surface area contributed by atoms with E-state index in [4.69, 9.17) is 4.98 Å². The lowest BCUT2D eigenvalue weighted by molar-refractivity contribution is -0.138. The van der Waals surface area contributed by atoms with Gasteiger partial charge in [-0.05, 0) is 38.5 Å². The van der Waals surface area contributed by atoms with Gasteiger partial charge in [0, 0.05) is 35.0 Å². The number of H-pyrrole nitrogens is 1. The number of amides is 1. The van der Waals surface area contributed by atoms with Gasteiger partial charge in [-0.15, -0.1) is 0 Å². The van der Waals surface area contributed by atoms with Crippen molar-refractivity contribution in [2.24, 2.45) is 5.41 Å². The summed E-state index contributed by atoms with van der Waals surface area (Å²) in [6.45, 7) is 3.64. The van der Waals surface area contributed by atoms with Crippen LogP contribution in [0.4, 0.5) is 0 Å². The Morgan fingerprint density at radius 2 is 1.78 bits per heavy atom. The smallest absolute Gasteiger partial charge is 0.254 e. The Balaban J connectivity index is 1.45. The van der Waals surface area contributed by atoms with Crippen LogP contribution < -0.4 is 5.56 Å². The molecule has 0 bridgehead atoms. The number of fused-ring (bicyclic) bond motifs is 2.